The fraction of sp³-hybridized carbons (Fsp3) is 0.222. The number of aromatic nitrogens is 1. The molecule has 2 N–H and O–H groups in total. The first kappa shape index (κ1) is 13.5. The smallest absolute Gasteiger partial charge is 0.351 e. The van der Waals surface area contributed by atoms with E-state index in [2.05, 4.69) is 15.5 Å². The third-order valence-corrected chi connectivity index (χ3v) is 2.29. The average Bonchev–Trinajstić information content (AvgIpc) is 2.27. The number of aliphatic carboxylic acids is 1. The average molecular weight is 278 g/mol. The Hall–Kier alpha value is -1.53. The molecule has 1 aromatic rings. The predicted octanol–water partition coefficient (Wildman–Crippen LogP) is 2.27. The van der Waals surface area contributed by atoms with Gasteiger partial charge in [-0.1, -0.05) is 23.2 Å². The molecule has 0 amide bonds. The molecule has 92 valence electrons. The second kappa shape index (κ2) is 5.70. The summed E-state index contributed by atoms with van der Waals surface area (Å²) in [5, 5.41) is 12.6. The highest BCUT2D eigenvalue weighted by molar-refractivity contribution is 6.37. The van der Waals surface area contributed by atoms with Crippen LogP contribution in [0.15, 0.2) is 11.2 Å². The van der Waals surface area contributed by atoms with E-state index in [0.717, 1.165) is 0 Å². The molecule has 1 rings (SSSR count). The highest BCUT2D eigenvalue weighted by Crippen LogP contribution is 2.30. The lowest BCUT2D eigenvalue weighted by atomic mass is 10.4. The minimum Gasteiger partial charge on any atom is -0.480 e. The Kier molecular flexibility index (Phi) is 4.53. The third-order valence-electron chi connectivity index (χ3n) is 1.73. The number of ether oxygens (including phenoxy) is 1. The Morgan fingerprint density at radius 2 is 2.18 bits per heavy atom. The van der Waals surface area contributed by atoms with Gasteiger partial charge < -0.3 is 9.84 Å². The Balaban J connectivity index is 2.99. The number of hydrogen-bond donors (Lipinski definition) is 2. The third kappa shape index (κ3) is 3.47. The number of pyridine rings is 1. The number of carboxylic acids is 1. The number of hydrogen-bond acceptors (Lipinski definition) is 5. The van der Waals surface area contributed by atoms with Crippen molar-refractivity contribution in [3.05, 3.63) is 16.1 Å². The van der Waals surface area contributed by atoms with Crippen molar-refractivity contribution in [1.29, 1.82) is 0 Å². The largest absolute Gasteiger partial charge is 0.480 e. The van der Waals surface area contributed by atoms with Crippen LogP contribution < -0.4 is 10.2 Å². The van der Waals surface area contributed by atoms with Crippen LogP contribution in [0.2, 0.25) is 10.0 Å². The second-order valence-electron chi connectivity index (χ2n) is 2.92. The summed E-state index contributed by atoms with van der Waals surface area (Å²) in [5.74, 6) is -0.815. The van der Waals surface area contributed by atoms with E-state index in [-0.39, 0.29) is 27.5 Å². The van der Waals surface area contributed by atoms with Crippen LogP contribution >= 0.6 is 23.2 Å². The van der Waals surface area contributed by atoms with Gasteiger partial charge in [0.05, 0.1) is 12.1 Å². The van der Waals surface area contributed by atoms with Gasteiger partial charge in [0.2, 0.25) is 5.88 Å². The number of halogens is 2. The van der Waals surface area contributed by atoms with Crippen molar-refractivity contribution in [2.45, 2.75) is 6.92 Å². The molecule has 17 heavy (non-hydrogen) atoms. The van der Waals surface area contributed by atoms with Crippen LogP contribution in [0.4, 0.5) is 5.82 Å². The molecule has 6 nitrogen and oxygen atoms in total. The van der Waals surface area contributed by atoms with Crippen LogP contribution in [0, 0.1) is 0 Å². The number of hydrazone groups is 1. The Morgan fingerprint density at radius 3 is 2.71 bits per heavy atom. The van der Waals surface area contributed by atoms with Crippen molar-refractivity contribution in [1.82, 2.24) is 4.98 Å². The summed E-state index contributed by atoms with van der Waals surface area (Å²) in [6, 6.07) is 1.42. The zero-order valence-corrected chi connectivity index (χ0v) is 10.5. The standard InChI is InChI=1S/C9H9Cl2N3O3/c1-4(9(15)16)13-14-7-5(10)3-6(11)8(12-7)17-2/h3H,1-2H3,(H,12,14)(H,15,16)/b13-4+. The summed E-state index contributed by atoms with van der Waals surface area (Å²) < 4.78 is 4.89. The summed E-state index contributed by atoms with van der Waals surface area (Å²) in [4.78, 5) is 14.4. The van der Waals surface area contributed by atoms with Crippen molar-refractivity contribution < 1.29 is 14.6 Å². The van der Waals surface area contributed by atoms with Gasteiger partial charge in [-0.3, -0.25) is 5.43 Å². The fourth-order valence-electron chi connectivity index (χ4n) is 0.856. The molecular formula is C9H9Cl2N3O3. The Morgan fingerprint density at radius 1 is 1.53 bits per heavy atom. The second-order valence-corrected chi connectivity index (χ2v) is 3.74. The van der Waals surface area contributed by atoms with E-state index < -0.39 is 5.97 Å². The molecule has 0 fully saturated rings. The van der Waals surface area contributed by atoms with Crippen molar-refractivity contribution in [2.24, 2.45) is 5.10 Å². The number of nitrogens with one attached hydrogen (secondary N) is 1. The lowest BCUT2D eigenvalue weighted by Gasteiger charge is -2.07. The van der Waals surface area contributed by atoms with Gasteiger partial charge in [-0.05, 0) is 13.0 Å². The van der Waals surface area contributed by atoms with E-state index >= 15 is 0 Å². The summed E-state index contributed by atoms with van der Waals surface area (Å²) in [7, 11) is 1.40. The molecule has 0 unspecified atom stereocenters. The lowest BCUT2D eigenvalue weighted by molar-refractivity contribution is -0.129. The van der Waals surface area contributed by atoms with Gasteiger partial charge in [-0.25, -0.2) is 4.79 Å². The fourth-order valence-corrected chi connectivity index (χ4v) is 1.33. The number of rotatable bonds is 4. The summed E-state index contributed by atoms with van der Waals surface area (Å²) in [5.41, 5.74) is 2.29. The molecule has 0 aromatic carbocycles. The predicted molar refractivity (Wildman–Crippen MR) is 65.2 cm³/mol. The SMILES string of the molecule is COc1nc(N/N=C(\C)C(=O)O)c(Cl)cc1Cl. The molecule has 1 heterocycles. The zero-order chi connectivity index (χ0) is 13.0. The summed E-state index contributed by atoms with van der Waals surface area (Å²) >= 11 is 11.6. The normalized spacial score (nSPS) is 11.2. The van der Waals surface area contributed by atoms with Gasteiger partial charge >= 0.3 is 5.97 Å². The van der Waals surface area contributed by atoms with Crippen LogP contribution in [0.1, 0.15) is 6.92 Å². The van der Waals surface area contributed by atoms with Crippen LogP contribution in [0.25, 0.3) is 0 Å². The van der Waals surface area contributed by atoms with E-state index in [1.165, 1.54) is 20.1 Å². The quantitative estimate of drug-likeness (QED) is 0.652. The molecule has 0 radical (unpaired) electrons. The minimum absolute atomic E-state index is 0.128. The van der Waals surface area contributed by atoms with Gasteiger partial charge in [0.25, 0.3) is 0 Å². The first-order chi connectivity index (χ1) is 7.95. The van der Waals surface area contributed by atoms with E-state index in [1.807, 2.05) is 0 Å². The topological polar surface area (TPSA) is 83.8 Å². The van der Waals surface area contributed by atoms with Gasteiger partial charge in [-0.15, -0.1) is 0 Å². The maximum atomic E-state index is 10.5. The molecule has 0 aliphatic carbocycles. The van der Waals surface area contributed by atoms with E-state index in [9.17, 15) is 4.79 Å². The molecule has 0 saturated heterocycles. The maximum absolute atomic E-state index is 10.5. The van der Waals surface area contributed by atoms with Gasteiger partial charge in [0.15, 0.2) is 5.82 Å². The highest BCUT2D eigenvalue weighted by Gasteiger charge is 2.10. The van der Waals surface area contributed by atoms with Crippen molar-refractivity contribution in [3.63, 3.8) is 0 Å². The molecular weight excluding hydrogens is 269 g/mol. The van der Waals surface area contributed by atoms with Gasteiger partial charge in [-0.2, -0.15) is 10.1 Å². The van der Waals surface area contributed by atoms with Crippen LogP contribution in [0.5, 0.6) is 5.88 Å². The lowest BCUT2D eigenvalue weighted by Crippen LogP contribution is -2.10. The van der Waals surface area contributed by atoms with E-state index in [0.29, 0.717) is 0 Å². The van der Waals surface area contributed by atoms with Crippen molar-refractivity contribution in [2.75, 3.05) is 12.5 Å². The van der Waals surface area contributed by atoms with Gasteiger partial charge in [0, 0.05) is 0 Å². The zero-order valence-electron chi connectivity index (χ0n) is 8.99. The van der Waals surface area contributed by atoms with Crippen molar-refractivity contribution >= 4 is 40.7 Å². The highest BCUT2D eigenvalue weighted by atomic mass is 35.5. The molecule has 0 atom stereocenters. The Bertz CT molecular complexity index is 477. The molecule has 0 bridgehead atoms. The number of carboxylic acid groups (broad SMARTS) is 1. The van der Waals surface area contributed by atoms with E-state index in [1.54, 1.807) is 0 Å². The number of methoxy groups -OCH3 is 1. The minimum atomic E-state index is -1.14. The van der Waals surface area contributed by atoms with Crippen LogP contribution in [-0.2, 0) is 4.79 Å². The van der Waals surface area contributed by atoms with E-state index in [4.69, 9.17) is 33.0 Å². The van der Waals surface area contributed by atoms with Crippen molar-refractivity contribution in [3.8, 4) is 5.88 Å². The monoisotopic (exact) mass is 277 g/mol. The molecule has 0 aliphatic heterocycles. The summed E-state index contributed by atoms with van der Waals surface area (Å²) in [6.45, 7) is 1.33. The first-order valence-corrected chi connectivity index (χ1v) is 5.15. The number of anilines is 1. The number of nitrogens with zero attached hydrogens (tertiary/aromatic N) is 2. The first-order valence-electron chi connectivity index (χ1n) is 4.39. The molecule has 0 aliphatic rings. The maximum Gasteiger partial charge on any atom is 0.351 e. The molecule has 0 saturated carbocycles. The number of carbonyl (C=O) groups is 1. The summed E-state index contributed by atoms with van der Waals surface area (Å²) in [6.07, 6.45) is 0. The van der Waals surface area contributed by atoms with Crippen LogP contribution in [-0.4, -0.2) is 28.9 Å². The van der Waals surface area contributed by atoms with Gasteiger partial charge in [0.1, 0.15) is 10.7 Å². The van der Waals surface area contributed by atoms with Crippen LogP contribution in [0.3, 0.4) is 0 Å². The molecule has 1 aromatic heterocycles. The molecule has 8 heteroatoms. The Labute approximate surface area is 107 Å². The molecule has 0 spiro atoms.